The molecule has 3 heteroatoms. The Morgan fingerprint density at radius 3 is 2.42 bits per heavy atom. The summed E-state index contributed by atoms with van der Waals surface area (Å²) in [6.07, 6.45) is 3.20. The molecule has 0 aliphatic carbocycles. The second-order valence-corrected chi connectivity index (χ2v) is 4.60. The highest BCUT2D eigenvalue weighted by Gasteiger charge is 2.27. The maximum Gasteiger partial charge on any atom is 0.311 e. The van der Waals surface area contributed by atoms with Crippen LogP contribution in [0.2, 0.25) is 0 Å². The Morgan fingerprint density at radius 2 is 2.00 bits per heavy atom. The van der Waals surface area contributed by atoms with Crippen molar-refractivity contribution in [2.45, 2.75) is 33.1 Å². The molecule has 0 heterocycles. The molecule has 0 radical (unpaired) electrons. The van der Waals surface area contributed by atoms with E-state index >= 15 is 0 Å². The normalized spacial score (nSPS) is 11.3. The first-order valence-corrected chi connectivity index (χ1v) is 5.71. The minimum absolute atomic E-state index is 0.101. The summed E-state index contributed by atoms with van der Waals surface area (Å²) in [5.74, 6) is -0.101. The number of unbranched alkanes of at least 4 members (excludes halogenated alkanes) is 1. The number of ether oxygens (including phenoxy) is 1. The van der Waals surface area contributed by atoms with Gasteiger partial charge in [0.05, 0.1) is 12.5 Å². The summed E-state index contributed by atoms with van der Waals surface area (Å²) in [5.41, 5.74) is -0.305. The molecule has 0 aromatic rings. The van der Waals surface area contributed by atoms with Crippen LogP contribution < -0.4 is 0 Å². The molecule has 0 aromatic carbocycles. The lowest BCUT2D eigenvalue weighted by Crippen LogP contribution is -2.25. The van der Waals surface area contributed by atoms with Gasteiger partial charge in [-0.25, -0.2) is 0 Å². The maximum atomic E-state index is 11.2. The highest BCUT2D eigenvalue weighted by atomic mass is 127. The van der Waals surface area contributed by atoms with Crippen molar-refractivity contribution >= 4 is 28.6 Å². The van der Waals surface area contributed by atoms with E-state index in [0.29, 0.717) is 0 Å². The number of halogens is 1. The van der Waals surface area contributed by atoms with E-state index in [2.05, 4.69) is 22.6 Å². The van der Waals surface area contributed by atoms with Crippen LogP contribution in [0.1, 0.15) is 33.1 Å². The zero-order valence-electron chi connectivity index (χ0n) is 8.02. The van der Waals surface area contributed by atoms with Crippen molar-refractivity contribution in [3.05, 3.63) is 0 Å². The summed E-state index contributed by atoms with van der Waals surface area (Å²) in [6, 6.07) is 0. The third kappa shape index (κ3) is 4.28. The van der Waals surface area contributed by atoms with Gasteiger partial charge in [-0.15, -0.1) is 0 Å². The van der Waals surface area contributed by atoms with Crippen LogP contribution in [0.4, 0.5) is 0 Å². The van der Waals surface area contributed by atoms with Crippen LogP contribution in [-0.2, 0) is 9.53 Å². The third-order valence-corrected chi connectivity index (χ3v) is 2.69. The molecule has 72 valence electrons. The molecule has 2 nitrogen and oxygen atoms in total. The highest BCUT2D eigenvalue weighted by Crippen LogP contribution is 2.24. The van der Waals surface area contributed by atoms with Crippen LogP contribution in [-0.4, -0.2) is 17.5 Å². The first-order valence-electron chi connectivity index (χ1n) is 4.19. The van der Waals surface area contributed by atoms with Gasteiger partial charge >= 0.3 is 5.97 Å². The zero-order chi connectivity index (χ0) is 9.61. The summed E-state index contributed by atoms with van der Waals surface area (Å²) in [5, 5.41) is 0. The molecule has 0 bridgehead atoms. The smallest absolute Gasteiger partial charge is 0.311 e. The largest absolute Gasteiger partial charge is 0.469 e. The summed E-state index contributed by atoms with van der Waals surface area (Å²) in [4.78, 5) is 11.2. The average molecular weight is 284 g/mol. The van der Waals surface area contributed by atoms with Gasteiger partial charge in [0, 0.05) is 0 Å². The van der Waals surface area contributed by atoms with Crippen molar-refractivity contribution in [1.82, 2.24) is 0 Å². The van der Waals surface area contributed by atoms with Gasteiger partial charge in [-0.1, -0.05) is 29.0 Å². The van der Waals surface area contributed by atoms with Crippen molar-refractivity contribution in [3.63, 3.8) is 0 Å². The van der Waals surface area contributed by atoms with Crippen LogP contribution in [0.5, 0.6) is 0 Å². The Balaban J connectivity index is 3.78. The van der Waals surface area contributed by atoms with Crippen LogP contribution in [0, 0.1) is 5.41 Å². The SMILES string of the molecule is COC(=O)C(C)(C)CCCCI. The number of carbonyl (C=O) groups is 1. The van der Waals surface area contributed by atoms with Crippen LogP contribution in [0.25, 0.3) is 0 Å². The van der Waals surface area contributed by atoms with E-state index in [4.69, 9.17) is 4.74 Å². The molecule has 0 aliphatic rings. The number of esters is 1. The number of carbonyl (C=O) groups excluding carboxylic acids is 1. The predicted molar refractivity (Wildman–Crippen MR) is 58.5 cm³/mol. The minimum Gasteiger partial charge on any atom is -0.469 e. The molecule has 0 N–H and O–H groups in total. The van der Waals surface area contributed by atoms with Gasteiger partial charge in [0.2, 0.25) is 0 Å². The minimum atomic E-state index is -0.305. The Bertz CT molecular complexity index is 143. The van der Waals surface area contributed by atoms with Crippen molar-refractivity contribution in [1.29, 1.82) is 0 Å². The fourth-order valence-electron chi connectivity index (χ4n) is 1.04. The molecule has 0 spiro atoms. The molecule has 12 heavy (non-hydrogen) atoms. The monoisotopic (exact) mass is 284 g/mol. The van der Waals surface area contributed by atoms with Gasteiger partial charge in [-0.2, -0.15) is 0 Å². The molecular weight excluding hydrogens is 267 g/mol. The van der Waals surface area contributed by atoms with Gasteiger partial charge < -0.3 is 4.74 Å². The summed E-state index contributed by atoms with van der Waals surface area (Å²) in [7, 11) is 1.45. The average Bonchev–Trinajstić information content (AvgIpc) is 2.03. The van der Waals surface area contributed by atoms with E-state index in [0.717, 1.165) is 17.3 Å². The fourth-order valence-corrected chi connectivity index (χ4v) is 1.58. The van der Waals surface area contributed by atoms with E-state index in [9.17, 15) is 4.79 Å². The summed E-state index contributed by atoms with van der Waals surface area (Å²) in [6.45, 7) is 3.87. The standard InChI is InChI=1S/C9H17IO2/c1-9(2,8(11)12-3)6-4-5-7-10/h4-7H2,1-3H3. The maximum absolute atomic E-state index is 11.2. The van der Waals surface area contributed by atoms with Crippen molar-refractivity contribution in [2.24, 2.45) is 5.41 Å². The van der Waals surface area contributed by atoms with Crippen molar-refractivity contribution in [2.75, 3.05) is 11.5 Å². The lowest BCUT2D eigenvalue weighted by atomic mass is 9.87. The zero-order valence-corrected chi connectivity index (χ0v) is 10.2. The topological polar surface area (TPSA) is 26.3 Å². The van der Waals surface area contributed by atoms with Crippen LogP contribution >= 0.6 is 22.6 Å². The van der Waals surface area contributed by atoms with Crippen LogP contribution in [0.3, 0.4) is 0 Å². The number of hydrogen-bond donors (Lipinski definition) is 0. The van der Waals surface area contributed by atoms with Crippen molar-refractivity contribution in [3.8, 4) is 0 Å². The second kappa shape index (κ2) is 5.78. The molecule has 0 amide bonds. The Labute approximate surface area is 88.2 Å². The lowest BCUT2D eigenvalue weighted by Gasteiger charge is -2.20. The molecular formula is C9H17IO2. The molecule has 0 saturated carbocycles. The first kappa shape index (κ1) is 12.2. The Morgan fingerprint density at radius 1 is 1.42 bits per heavy atom. The molecule has 0 rings (SSSR count). The number of rotatable bonds is 5. The molecule has 0 atom stereocenters. The molecule has 0 fully saturated rings. The van der Waals surface area contributed by atoms with Crippen LogP contribution in [0.15, 0.2) is 0 Å². The first-order chi connectivity index (χ1) is 5.54. The van der Waals surface area contributed by atoms with Crippen molar-refractivity contribution < 1.29 is 9.53 Å². The summed E-state index contributed by atoms with van der Waals surface area (Å²) < 4.78 is 5.87. The molecule has 0 aliphatic heterocycles. The fraction of sp³-hybridized carbons (Fsp3) is 0.889. The van der Waals surface area contributed by atoms with E-state index in [1.165, 1.54) is 13.5 Å². The lowest BCUT2D eigenvalue weighted by molar-refractivity contribution is -0.151. The predicted octanol–water partition coefficient (Wildman–Crippen LogP) is 2.79. The Hall–Kier alpha value is 0.200. The van der Waals surface area contributed by atoms with E-state index < -0.39 is 0 Å². The van der Waals surface area contributed by atoms with E-state index in [-0.39, 0.29) is 11.4 Å². The molecule has 0 saturated heterocycles. The van der Waals surface area contributed by atoms with Gasteiger partial charge in [-0.05, 0) is 31.1 Å². The number of hydrogen-bond acceptors (Lipinski definition) is 2. The Kier molecular flexibility index (Phi) is 5.88. The second-order valence-electron chi connectivity index (χ2n) is 3.52. The van der Waals surface area contributed by atoms with E-state index in [1.54, 1.807) is 0 Å². The van der Waals surface area contributed by atoms with E-state index in [1.807, 2.05) is 13.8 Å². The van der Waals surface area contributed by atoms with Gasteiger partial charge in [0.15, 0.2) is 0 Å². The highest BCUT2D eigenvalue weighted by molar-refractivity contribution is 14.1. The van der Waals surface area contributed by atoms with Gasteiger partial charge in [0.25, 0.3) is 0 Å². The number of methoxy groups -OCH3 is 1. The van der Waals surface area contributed by atoms with Gasteiger partial charge in [0.1, 0.15) is 0 Å². The quantitative estimate of drug-likeness (QED) is 0.336. The molecule has 0 unspecified atom stereocenters. The van der Waals surface area contributed by atoms with Gasteiger partial charge in [-0.3, -0.25) is 4.79 Å². The third-order valence-electron chi connectivity index (χ3n) is 1.92. The molecule has 0 aromatic heterocycles. The number of alkyl halides is 1. The summed E-state index contributed by atoms with van der Waals surface area (Å²) >= 11 is 2.35.